The summed E-state index contributed by atoms with van der Waals surface area (Å²) < 4.78 is 5.38. The zero-order valence-electron chi connectivity index (χ0n) is 10.7. The average Bonchev–Trinajstić information content (AvgIpc) is 2.99. The fourth-order valence-corrected chi connectivity index (χ4v) is 3.09. The molecule has 0 saturated carbocycles. The predicted octanol–water partition coefficient (Wildman–Crippen LogP) is 1.95. The summed E-state index contributed by atoms with van der Waals surface area (Å²) in [7, 11) is 1.80. The quantitative estimate of drug-likeness (QED) is 0.840. The van der Waals surface area contributed by atoms with Crippen LogP contribution in [0.25, 0.3) is 0 Å². The lowest BCUT2D eigenvalue weighted by Crippen LogP contribution is -2.36. The van der Waals surface area contributed by atoms with Crippen LogP contribution < -0.4 is 5.32 Å². The van der Waals surface area contributed by atoms with Gasteiger partial charge in [0.2, 0.25) is 0 Å². The van der Waals surface area contributed by atoms with Crippen molar-refractivity contribution in [2.45, 2.75) is 32.0 Å². The van der Waals surface area contributed by atoms with E-state index < -0.39 is 0 Å². The first-order valence-corrected chi connectivity index (χ1v) is 7.20. The highest BCUT2D eigenvalue weighted by Gasteiger charge is 2.25. The molecule has 4 heteroatoms. The van der Waals surface area contributed by atoms with E-state index in [0.29, 0.717) is 12.1 Å². The normalized spacial score (nSPS) is 24.6. The molecular weight excluding hydrogens is 232 g/mol. The van der Waals surface area contributed by atoms with Crippen LogP contribution in [0.3, 0.4) is 0 Å². The van der Waals surface area contributed by atoms with Crippen LogP contribution >= 0.6 is 11.3 Å². The van der Waals surface area contributed by atoms with Crippen LogP contribution in [0.5, 0.6) is 0 Å². The van der Waals surface area contributed by atoms with Gasteiger partial charge in [-0.05, 0) is 24.4 Å². The molecule has 1 aliphatic rings. The Morgan fingerprint density at radius 1 is 1.59 bits per heavy atom. The van der Waals surface area contributed by atoms with Crippen molar-refractivity contribution in [1.82, 2.24) is 10.2 Å². The summed E-state index contributed by atoms with van der Waals surface area (Å²) in [6.45, 7) is 6.53. The molecule has 0 bridgehead atoms. The Morgan fingerprint density at radius 2 is 2.47 bits per heavy atom. The first kappa shape index (κ1) is 13.0. The summed E-state index contributed by atoms with van der Waals surface area (Å²) in [5.41, 5.74) is 0. The molecule has 0 spiro atoms. The van der Waals surface area contributed by atoms with E-state index in [0.717, 1.165) is 32.6 Å². The van der Waals surface area contributed by atoms with E-state index in [2.05, 4.69) is 34.7 Å². The Bertz CT molecular complexity index is 315. The number of nitrogens with zero attached hydrogens (tertiary/aromatic N) is 1. The molecule has 0 radical (unpaired) electrons. The maximum atomic E-state index is 5.38. The number of thiophene rings is 1. The molecule has 2 atom stereocenters. The monoisotopic (exact) mass is 254 g/mol. The summed E-state index contributed by atoms with van der Waals surface area (Å²) in [5.74, 6) is 0. The van der Waals surface area contributed by atoms with Crippen molar-refractivity contribution in [2.75, 3.05) is 26.7 Å². The second-order valence-electron chi connectivity index (χ2n) is 4.61. The van der Waals surface area contributed by atoms with Crippen LogP contribution in [-0.2, 0) is 11.3 Å². The van der Waals surface area contributed by atoms with Gasteiger partial charge in [0.1, 0.15) is 0 Å². The van der Waals surface area contributed by atoms with E-state index in [1.54, 1.807) is 7.11 Å². The Labute approximate surface area is 108 Å². The Morgan fingerprint density at radius 3 is 3.06 bits per heavy atom. The summed E-state index contributed by atoms with van der Waals surface area (Å²) in [6, 6.07) is 4.93. The second-order valence-corrected chi connectivity index (χ2v) is 5.64. The highest BCUT2D eigenvalue weighted by molar-refractivity contribution is 7.09. The standard InChI is InChI=1S/C13H22N2OS/c1-3-15(10-13-5-4-6-17-13)9-11-7-12(16-2)8-14-11/h4-6,11-12,14H,3,7-10H2,1-2H3. The number of hydrogen-bond acceptors (Lipinski definition) is 4. The van der Waals surface area contributed by atoms with Crippen molar-refractivity contribution in [3.05, 3.63) is 22.4 Å². The summed E-state index contributed by atoms with van der Waals surface area (Å²) in [4.78, 5) is 3.95. The van der Waals surface area contributed by atoms with Gasteiger partial charge in [-0.25, -0.2) is 0 Å². The number of rotatable bonds is 6. The predicted molar refractivity (Wildman–Crippen MR) is 72.5 cm³/mol. The number of nitrogens with one attached hydrogen (secondary N) is 1. The molecule has 0 aliphatic carbocycles. The van der Waals surface area contributed by atoms with E-state index in [1.165, 1.54) is 4.88 Å². The first-order chi connectivity index (χ1) is 8.31. The zero-order chi connectivity index (χ0) is 12.1. The van der Waals surface area contributed by atoms with Crippen molar-refractivity contribution in [3.63, 3.8) is 0 Å². The average molecular weight is 254 g/mol. The van der Waals surface area contributed by atoms with Crippen molar-refractivity contribution in [2.24, 2.45) is 0 Å². The molecule has 1 fully saturated rings. The summed E-state index contributed by atoms with van der Waals surface area (Å²) in [6.07, 6.45) is 1.54. The van der Waals surface area contributed by atoms with Crippen LogP contribution in [0.15, 0.2) is 17.5 Å². The zero-order valence-corrected chi connectivity index (χ0v) is 11.5. The van der Waals surface area contributed by atoms with Gasteiger partial charge in [-0.3, -0.25) is 4.90 Å². The van der Waals surface area contributed by atoms with Crippen LogP contribution in [0, 0.1) is 0 Å². The highest BCUT2D eigenvalue weighted by atomic mass is 32.1. The third-order valence-corrected chi connectivity index (χ3v) is 4.26. The van der Waals surface area contributed by atoms with E-state index >= 15 is 0 Å². The molecule has 0 amide bonds. The number of likely N-dealkylation sites (N-methyl/N-ethyl adjacent to an activating group) is 1. The van der Waals surface area contributed by atoms with Gasteiger partial charge < -0.3 is 10.1 Å². The fourth-order valence-electron chi connectivity index (χ4n) is 2.34. The molecule has 17 heavy (non-hydrogen) atoms. The molecule has 1 saturated heterocycles. The molecule has 96 valence electrons. The van der Waals surface area contributed by atoms with Gasteiger partial charge in [0.15, 0.2) is 0 Å². The Hall–Kier alpha value is -0.420. The second kappa shape index (κ2) is 6.50. The van der Waals surface area contributed by atoms with Crippen molar-refractivity contribution in [1.29, 1.82) is 0 Å². The largest absolute Gasteiger partial charge is 0.380 e. The molecule has 1 aromatic heterocycles. The molecule has 1 aromatic rings. The third kappa shape index (κ3) is 3.78. The van der Waals surface area contributed by atoms with Gasteiger partial charge in [-0.2, -0.15) is 0 Å². The lowest BCUT2D eigenvalue weighted by atomic mass is 10.2. The summed E-state index contributed by atoms with van der Waals surface area (Å²) >= 11 is 1.84. The minimum absolute atomic E-state index is 0.403. The minimum atomic E-state index is 0.403. The van der Waals surface area contributed by atoms with Crippen LogP contribution in [-0.4, -0.2) is 43.8 Å². The van der Waals surface area contributed by atoms with Gasteiger partial charge in [-0.1, -0.05) is 13.0 Å². The molecule has 0 aromatic carbocycles. The van der Waals surface area contributed by atoms with Gasteiger partial charge in [0, 0.05) is 37.7 Å². The lowest BCUT2D eigenvalue weighted by molar-refractivity contribution is 0.115. The number of ether oxygens (including phenoxy) is 1. The van der Waals surface area contributed by atoms with E-state index in [-0.39, 0.29) is 0 Å². The Balaban J connectivity index is 1.79. The van der Waals surface area contributed by atoms with Crippen LogP contribution in [0.1, 0.15) is 18.2 Å². The maximum Gasteiger partial charge on any atom is 0.0711 e. The maximum absolute atomic E-state index is 5.38. The van der Waals surface area contributed by atoms with E-state index in [9.17, 15) is 0 Å². The van der Waals surface area contributed by atoms with Crippen molar-refractivity contribution >= 4 is 11.3 Å². The molecule has 2 rings (SSSR count). The molecule has 3 nitrogen and oxygen atoms in total. The smallest absolute Gasteiger partial charge is 0.0711 e. The topological polar surface area (TPSA) is 24.5 Å². The molecule has 1 aliphatic heterocycles. The SMILES string of the molecule is CCN(Cc1cccs1)CC1CC(OC)CN1. The van der Waals surface area contributed by atoms with Crippen LogP contribution in [0.4, 0.5) is 0 Å². The molecule has 2 unspecified atom stereocenters. The van der Waals surface area contributed by atoms with Gasteiger partial charge >= 0.3 is 0 Å². The number of hydrogen-bond donors (Lipinski definition) is 1. The van der Waals surface area contributed by atoms with Crippen molar-refractivity contribution in [3.8, 4) is 0 Å². The molecule has 2 heterocycles. The fraction of sp³-hybridized carbons (Fsp3) is 0.692. The van der Waals surface area contributed by atoms with Crippen LogP contribution in [0.2, 0.25) is 0 Å². The lowest BCUT2D eigenvalue weighted by Gasteiger charge is -2.23. The van der Waals surface area contributed by atoms with Crippen molar-refractivity contribution < 1.29 is 4.74 Å². The van der Waals surface area contributed by atoms with Gasteiger partial charge in [0.25, 0.3) is 0 Å². The first-order valence-electron chi connectivity index (χ1n) is 6.32. The minimum Gasteiger partial charge on any atom is -0.380 e. The third-order valence-electron chi connectivity index (χ3n) is 3.40. The molecule has 1 N–H and O–H groups in total. The number of methoxy groups -OCH3 is 1. The summed E-state index contributed by atoms with van der Waals surface area (Å²) in [5, 5.41) is 5.69. The van der Waals surface area contributed by atoms with E-state index in [4.69, 9.17) is 4.74 Å². The van der Waals surface area contributed by atoms with Gasteiger partial charge in [0.05, 0.1) is 6.10 Å². The Kier molecular flexibility index (Phi) is 4.98. The van der Waals surface area contributed by atoms with E-state index in [1.807, 2.05) is 11.3 Å². The van der Waals surface area contributed by atoms with Gasteiger partial charge in [-0.15, -0.1) is 11.3 Å². The highest BCUT2D eigenvalue weighted by Crippen LogP contribution is 2.15. The molecular formula is C13H22N2OS.